The zero-order chi connectivity index (χ0) is 17.2. The maximum atomic E-state index is 4.31. The number of likely N-dealkylation sites (tertiary alicyclic amines) is 1. The van der Waals surface area contributed by atoms with Crippen LogP contribution in [0, 0.1) is 5.92 Å². The number of pyridine rings is 1. The van der Waals surface area contributed by atoms with Crippen LogP contribution in [0.3, 0.4) is 0 Å². The summed E-state index contributed by atoms with van der Waals surface area (Å²) in [5, 5.41) is 3.71. The van der Waals surface area contributed by atoms with Crippen LogP contribution in [0.2, 0.25) is 0 Å². The van der Waals surface area contributed by atoms with E-state index in [2.05, 4.69) is 58.5 Å². The van der Waals surface area contributed by atoms with E-state index in [0.29, 0.717) is 12.0 Å². The summed E-state index contributed by atoms with van der Waals surface area (Å²) in [5.74, 6) is 0.648. The highest BCUT2D eigenvalue weighted by Gasteiger charge is 2.32. The largest absolute Gasteiger partial charge is 0.374 e. The Morgan fingerprint density at radius 3 is 2.96 bits per heavy atom. The van der Waals surface area contributed by atoms with Gasteiger partial charge in [-0.1, -0.05) is 18.2 Å². The molecule has 0 saturated carbocycles. The number of aromatic nitrogens is 1. The summed E-state index contributed by atoms with van der Waals surface area (Å²) in [5.41, 5.74) is 5.64. The molecule has 4 rings (SSSR count). The van der Waals surface area contributed by atoms with Gasteiger partial charge < -0.3 is 10.2 Å². The number of nitrogens with one attached hydrogen (secondary N) is 1. The van der Waals surface area contributed by atoms with Gasteiger partial charge in [0.25, 0.3) is 0 Å². The molecule has 0 amide bonds. The molecule has 0 aliphatic carbocycles. The van der Waals surface area contributed by atoms with E-state index in [1.54, 1.807) is 0 Å². The number of likely N-dealkylation sites (N-methyl/N-ethyl adjacent to an activating group) is 1. The molecular formula is C21H28N4. The fraction of sp³-hybridized carbons (Fsp3) is 0.476. The maximum Gasteiger partial charge on any atom is 0.0401 e. The van der Waals surface area contributed by atoms with Crippen LogP contribution in [-0.4, -0.2) is 43.6 Å². The fourth-order valence-corrected chi connectivity index (χ4v) is 4.45. The van der Waals surface area contributed by atoms with E-state index in [1.165, 1.54) is 35.2 Å². The number of nitrogens with zero attached hydrogens (tertiary/aromatic N) is 3. The Bertz CT molecular complexity index is 715. The second-order valence-corrected chi connectivity index (χ2v) is 7.53. The van der Waals surface area contributed by atoms with Gasteiger partial charge in [0.15, 0.2) is 0 Å². The summed E-state index contributed by atoms with van der Waals surface area (Å²) >= 11 is 0. The lowest BCUT2D eigenvalue weighted by Gasteiger charge is -2.25. The number of benzene rings is 1. The van der Waals surface area contributed by atoms with Crippen LogP contribution in [0.4, 0.5) is 5.69 Å². The summed E-state index contributed by atoms with van der Waals surface area (Å²) in [6.45, 7) is 4.32. The topological polar surface area (TPSA) is 31.4 Å². The van der Waals surface area contributed by atoms with E-state index < -0.39 is 0 Å². The second-order valence-electron chi connectivity index (χ2n) is 7.53. The van der Waals surface area contributed by atoms with Crippen LogP contribution in [0.15, 0.2) is 42.7 Å². The van der Waals surface area contributed by atoms with Crippen LogP contribution in [0.1, 0.15) is 29.2 Å². The van der Waals surface area contributed by atoms with Crippen molar-refractivity contribution in [3.63, 3.8) is 0 Å². The summed E-state index contributed by atoms with van der Waals surface area (Å²) in [7, 11) is 4.41. The number of fused-ring (bicyclic) bond motifs is 1. The Hall–Kier alpha value is -1.91. The quantitative estimate of drug-likeness (QED) is 0.910. The summed E-state index contributed by atoms with van der Waals surface area (Å²) < 4.78 is 0. The minimum atomic E-state index is 0.481. The molecule has 2 aliphatic rings. The van der Waals surface area contributed by atoms with Gasteiger partial charge in [0.05, 0.1) is 0 Å². The minimum Gasteiger partial charge on any atom is -0.374 e. The van der Waals surface area contributed by atoms with Crippen molar-refractivity contribution in [2.75, 3.05) is 38.6 Å². The minimum absolute atomic E-state index is 0.481. The Labute approximate surface area is 150 Å². The third kappa shape index (κ3) is 3.42. The van der Waals surface area contributed by atoms with Gasteiger partial charge in [-0.3, -0.25) is 9.88 Å². The number of hydrogen-bond donors (Lipinski definition) is 1. The van der Waals surface area contributed by atoms with Gasteiger partial charge in [-0.15, -0.1) is 0 Å². The Kier molecular flexibility index (Phi) is 4.73. The predicted octanol–water partition coefficient (Wildman–Crippen LogP) is 2.86. The molecule has 132 valence electrons. The van der Waals surface area contributed by atoms with E-state index in [9.17, 15) is 0 Å². The van der Waals surface area contributed by atoms with E-state index in [4.69, 9.17) is 0 Å². The molecule has 3 heterocycles. The van der Waals surface area contributed by atoms with Gasteiger partial charge in [0.1, 0.15) is 0 Å². The van der Waals surface area contributed by atoms with Crippen LogP contribution in [0.5, 0.6) is 0 Å². The Morgan fingerprint density at radius 2 is 2.12 bits per heavy atom. The van der Waals surface area contributed by atoms with Gasteiger partial charge in [0, 0.05) is 50.8 Å². The highest BCUT2D eigenvalue weighted by Crippen LogP contribution is 2.35. The number of hydrogen-bond acceptors (Lipinski definition) is 4. The molecule has 1 aromatic heterocycles. The first-order chi connectivity index (χ1) is 12.2. The summed E-state index contributed by atoms with van der Waals surface area (Å²) in [6.07, 6.45) is 6.31. The number of rotatable bonds is 5. The molecule has 1 aromatic carbocycles. The molecule has 0 bridgehead atoms. The van der Waals surface area contributed by atoms with Gasteiger partial charge in [-0.25, -0.2) is 0 Å². The van der Waals surface area contributed by atoms with Crippen LogP contribution in [-0.2, 0) is 13.0 Å². The van der Waals surface area contributed by atoms with Crippen molar-refractivity contribution in [1.82, 2.24) is 15.2 Å². The maximum absolute atomic E-state index is 4.31. The number of anilines is 1. The molecular weight excluding hydrogens is 308 g/mol. The molecule has 25 heavy (non-hydrogen) atoms. The van der Waals surface area contributed by atoms with E-state index >= 15 is 0 Å². The van der Waals surface area contributed by atoms with Crippen molar-refractivity contribution in [3.8, 4) is 0 Å². The molecule has 0 spiro atoms. The zero-order valence-corrected chi connectivity index (χ0v) is 15.3. The zero-order valence-electron chi connectivity index (χ0n) is 15.3. The van der Waals surface area contributed by atoms with Crippen molar-refractivity contribution in [1.29, 1.82) is 0 Å². The van der Waals surface area contributed by atoms with E-state index in [1.807, 2.05) is 18.5 Å². The molecule has 4 heteroatoms. The summed E-state index contributed by atoms with van der Waals surface area (Å²) in [4.78, 5) is 9.13. The highest BCUT2D eigenvalue weighted by molar-refractivity contribution is 5.58. The molecule has 2 atom stereocenters. The predicted molar refractivity (Wildman–Crippen MR) is 103 cm³/mol. The van der Waals surface area contributed by atoms with Crippen molar-refractivity contribution in [2.45, 2.75) is 25.4 Å². The first-order valence-electron chi connectivity index (χ1n) is 9.36. The molecule has 1 N–H and O–H groups in total. The molecule has 0 unspecified atom stereocenters. The standard InChI is InChI=1S/C21H28N4/c1-24-10-7-17-12-16(5-6-20(17)24)13-23-15-19-8-11-25(2)21(19)18-4-3-9-22-14-18/h3-6,9,12,14,19,21,23H,7-8,10-11,13,15H2,1-2H3/t19-,21-/m0/s1. The summed E-state index contributed by atoms with van der Waals surface area (Å²) in [6, 6.07) is 11.7. The highest BCUT2D eigenvalue weighted by atomic mass is 15.2. The first kappa shape index (κ1) is 16.6. The normalized spacial score (nSPS) is 23.2. The van der Waals surface area contributed by atoms with Crippen LogP contribution >= 0.6 is 0 Å². The molecule has 1 saturated heterocycles. The van der Waals surface area contributed by atoms with Crippen LogP contribution < -0.4 is 10.2 Å². The van der Waals surface area contributed by atoms with Gasteiger partial charge in [0.2, 0.25) is 0 Å². The second kappa shape index (κ2) is 7.14. The average Bonchev–Trinajstić information content (AvgIpc) is 3.19. The Morgan fingerprint density at radius 1 is 1.20 bits per heavy atom. The molecule has 1 fully saturated rings. The van der Waals surface area contributed by atoms with Gasteiger partial charge in [-0.2, -0.15) is 0 Å². The Balaban J connectivity index is 1.37. The average molecular weight is 336 g/mol. The third-order valence-electron chi connectivity index (χ3n) is 5.81. The monoisotopic (exact) mass is 336 g/mol. The van der Waals surface area contributed by atoms with E-state index in [-0.39, 0.29) is 0 Å². The van der Waals surface area contributed by atoms with E-state index in [0.717, 1.165) is 26.2 Å². The van der Waals surface area contributed by atoms with Crippen LogP contribution in [0.25, 0.3) is 0 Å². The lowest BCUT2D eigenvalue weighted by Crippen LogP contribution is -2.28. The van der Waals surface area contributed by atoms with Gasteiger partial charge >= 0.3 is 0 Å². The van der Waals surface area contributed by atoms with Gasteiger partial charge in [-0.05, 0) is 61.2 Å². The SMILES string of the molecule is CN1CCc2cc(CNC[C@@H]3CCN(C)[C@H]3c3cccnc3)ccc21. The molecule has 0 radical (unpaired) electrons. The van der Waals surface area contributed by atoms with Crippen molar-refractivity contribution >= 4 is 5.69 Å². The third-order valence-corrected chi connectivity index (χ3v) is 5.81. The molecule has 2 aromatic rings. The molecule has 4 nitrogen and oxygen atoms in total. The van der Waals surface area contributed by atoms with Crippen molar-refractivity contribution in [2.24, 2.45) is 5.92 Å². The smallest absolute Gasteiger partial charge is 0.0401 e. The lowest BCUT2D eigenvalue weighted by atomic mass is 9.94. The lowest BCUT2D eigenvalue weighted by molar-refractivity contribution is 0.271. The molecule has 2 aliphatic heterocycles. The van der Waals surface area contributed by atoms with Crippen molar-refractivity contribution < 1.29 is 0 Å². The van der Waals surface area contributed by atoms with Crippen molar-refractivity contribution in [3.05, 3.63) is 59.4 Å². The first-order valence-corrected chi connectivity index (χ1v) is 9.36. The fourth-order valence-electron chi connectivity index (χ4n) is 4.45.